The smallest absolute Gasteiger partial charge is 0.239 e. The van der Waals surface area contributed by atoms with Crippen molar-refractivity contribution in [2.75, 3.05) is 13.1 Å². The number of piperidine rings is 1. The highest BCUT2D eigenvalue weighted by molar-refractivity contribution is 5.81. The van der Waals surface area contributed by atoms with Crippen molar-refractivity contribution in [3.8, 4) is 0 Å². The maximum atomic E-state index is 11.7. The first-order valence-corrected chi connectivity index (χ1v) is 6.86. The van der Waals surface area contributed by atoms with Crippen LogP contribution >= 0.6 is 0 Å². The Balaban J connectivity index is 1.72. The number of hydrogen-bond acceptors (Lipinski definition) is 3. The van der Waals surface area contributed by atoms with Crippen LogP contribution in [0.1, 0.15) is 45.4 Å². The van der Waals surface area contributed by atoms with Gasteiger partial charge in [0.15, 0.2) is 0 Å². The molecule has 1 amide bonds. The Morgan fingerprint density at radius 2 is 1.71 bits per heavy atom. The lowest BCUT2D eigenvalue weighted by molar-refractivity contribution is -0.135. The zero-order valence-electron chi connectivity index (χ0n) is 10.7. The zero-order chi connectivity index (χ0) is 12.3. The van der Waals surface area contributed by atoms with Crippen LogP contribution in [0.25, 0.3) is 0 Å². The summed E-state index contributed by atoms with van der Waals surface area (Å²) in [6.45, 7) is 3.36. The Kier molecular flexibility index (Phi) is 4.40. The molecule has 0 spiro atoms. The number of carbonyl (C=O) groups is 1. The topological polar surface area (TPSA) is 55.6 Å². The van der Waals surface area contributed by atoms with Crippen LogP contribution in [0, 0.1) is 0 Å². The molecule has 0 bridgehead atoms. The highest BCUT2D eigenvalue weighted by Gasteiger charge is 2.27. The minimum absolute atomic E-state index is 0.0734. The number of nitrogens with zero attached hydrogens (tertiary/aromatic N) is 1. The molecule has 2 aliphatic rings. The lowest BCUT2D eigenvalue weighted by Crippen LogP contribution is -2.47. The summed E-state index contributed by atoms with van der Waals surface area (Å²) in [7, 11) is 0. The molecule has 2 fully saturated rings. The molecule has 2 rings (SSSR count). The van der Waals surface area contributed by atoms with Crippen LogP contribution in [0.2, 0.25) is 0 Å². The number of ether oxygens (including phenoxy) is 1. The predicted octanol–water partition coefficient (Wildman–Crippen LogP) is 1.28. The Hall–Kier alpha value is -0.610. The third-order valence-corrected chi connectivity index (χ3v) is 3.83. The van der Waals surface area contributed by atoms with Crippen molar-refractivity contribution in [2.24, 2.45) is 5.73 Å². The highest BCUT2D eigenvalue weighted by Crippen LogP contribution is 2.25. The van der Waals surface area contributed by atoms with E-state index in [2.05, 4.69) is 0 Å². The van der Waals surface area contributed by atoms with Crippen LogP contribution in [0.3, 0.4) is 0 Å². The third-order valence-electron chi connectivity index (χ3n) is 3.83. The molecular formula is C13H24N2O2. The van der Waals surface area contributed by atoms with Crippen LogP contribution in [0.4, 0.5) is 0 Å². The Morgan fingerprint density at radius 3 is 2.24 bits per heavy atom. The van der Waals surface area contributed by atoms with Gasteiger partial charge in [0.05, 0.1) is 18.2 Å². The summed E-state index contributed by atoms with van der Waals surface area (Å²) in [6, 6.07) is -0.373. The average molecular weight is 240 g/mol. The van der Waals surface area contributed by atoms with Gasteiger partial charge in [0, 0.05) is 13.1 Å². The van der Waals surface area contributed by atoms with Gasteiger partial charge in [0.25, 0.3) is 0 Å². The van der Waals surface area contributed by atoms with E-state index in [1.165, 1.54) is 25.7 Å². The van der Waals surface area contributed by atoms with Crippen molar-refractivity contribution in [1.29, 1.82) is 0 Å². The van der Waals surface area contributed by atoms with Gasteiger partial charge in [-0.15, -0.1) is 0 Å². The SMILES string of the molecule is C[C@@H](N)C(=O)N1CCC(OC2CCCC2)CC1. The number of nitrogens with two attached hydrogens (primary N) is 1. The molecule has 1 heterocycles. The first-order chi connectivity index (χ1) is 8.16. The molecule has 0 unspecified atom stereocenters. The second kappa shape index (κ2) is 5.83. The van der Waals surface area contributed by atoms with E-state index in [-0.39, 0.29) is 11.9 Å². The minimum Gasteiger partial charge on any atom is -0.375 e. The monoisotopic (exact) mass is 240 g/mol. The molecule has 2 N–H and O–H groups in total. The number of amides is 1. The molecule has 0 aromatic heterocycles. The summed E-state index contributed by atoms with van der Waals surface area (Å²) in [5.74, 6) is 0.0734. The highest BCUT2D eigenvalue weighted by atomic mass is 16.5. The van der Waals surface area contributed by atoms with Gasteiger partial charge >= 0.3 is 0 Å². The number of rotatable bonds is 3. The van der Waals surface area contributed by atoms with Gasteiger partial charge in [0.2, 0.25) is 5.91 Å². The fraction of sp³-hybridized carbons (Fsp3) is 0.923. The maximum absolute atomic E-state index is 11.7. The van der Waals surface area contributed by atoms with E-state index < -0.39 is 0 Å². The van der Waals surface area contributed by atoms with E-state index in [4.69, 9.17) is 10.5 Å². The molecule has 1 aliphatic heterocycles. The van der Waals surface area contributed by atoms with Crippen molar-refractivity contribution < 1.29 is 9.53 Å². The summed E-state index contributed by atoms with van der Waals surface area (Å²) in [4.78, 5) is 13.6. The molecule has 0 aromatic rings. The van der Waals surface area contributed by atoms with Crippen molar-refractivity contribution in [3.05, 3.63) is 0 Å². The number of likely N-dealkylation sites (tertiary alicyclic amines) is 1. The van der Waals surface area contributed by atoms with Gasteiger partial charge in [-0.05, 0) is 32.6 Å². The molecule has 98 valence electrons. The summed E-state index contributed by atoms with van der Waals surface area (Å²) in [6.07, 6.45) is 7.84. The van der Waals surface area contributed by atoms with Gasteiger partial charge in [0.1, 0.15) is 0 Å². The maximum Gasteiger partial charge on any atom is 0.239 e. The fourth-order valence-electron chi connectivity index (χ4n) is 2.80. The molecule has 4 heteroatoms. The van der Waals surface area contributed by atoms with Gasteiger partial charge in [-0.25, -0.2) is 0 Å². The van der Waals surface area contributed by atoms with Gasteiger partial charge < -0.3 is 15.4 Å². The van der Waals surface area contributed by atoms with E-state index >= 15 is 0 Å². The Bertz CT molecular complexity index is 254. The van der Waals surface area contributed by atoms with Gasteiger partial charge in [-0.1, -0.05) is 12.8 Å². The molecule has 0 radical (unpaired) electrons. The molecular weight excluding hydrogens is 216 g/mol. The largest absolute Gasteiger partial charge is 0.375 e. The minimum atomic E-state index is -0.373. The van der Waals surface area contributed by atoms with Gasteiger partial charge in [-0.2, -0.15) is 0 Å². The summed E-state index contributed by atoms with van der Waals surface area (Å²) < 4.78 is 6.07. The second-order valence-corrected chi connectivity index (χ2v) is 5.36. The Labute approximate surface area is 103 Å². The van der Waals surface area contributed by atoms with Crippen LogP contribution < -0.4 is 5.73 Å². The number of hydrogen-bond donors (Lipinski definition) is 1. The van der Waals surface area contributed by atoms with E-state index in [9.17, 15) is 4.79 Å². The first kappa shape index (κ1) is 12.8. The number of carbonyl (C=O) groups excluding carboxylic acids is 1. The molecule has 1 saturated heterocycles. The molecule has 1 aliphatic carbocycles. The van der Waals surface area contributed by atoms with E-state index in [0.717, 1.165) is 25.9 Å². The van der Waals surface area contributed by atoms with Crippen molar-refractivity contribution in [2.45, 2.75) is 63.7 Å². The van der Waals surface area contributed by atoms with Crippen molar-refractivity contribution in [1.82, 2.24) is 4.90 Å². The lowest BCUT2D eigenvalue weighted by Gasteiger charge is -2.34. The molecule has 4 nitrogen and oxygen atoms in total. The normalized spacial score (nSPS) is 25.2. The van der Waals surface area contributed by atoms with Crippen LogP contribution in [-0.2, 0) is 9.53 Å². The van der Waals surface area contributed by atoms with E-state index in [0.29, 0.717) is 12.2 Å². The average Bonchev–Trinajstić information content (AvgIpc) is 2.82. The van der Waals surface area contributed by atoms with E-state index in [1.807, 2.05) is 4.90 Å². The predicted molar refractivity (Wildman–Crippen MR) is 66.6 cm³/mol. The van der Waals surface area contributed by atoms with Gasteiger partial charge in [-0.3, -0.25) is 4.79 Å². The molecule has 1 saturated carbocycles. The standard InChI is InChI=1S/C13H24N2O2/c1-10(14)13(16)15-8-6-12(7-9-15)17-11-4-2-3-5-11/h10-12H,2-9,14H2,1H3/t10-/m1/s1. The lowest BCUT2D eigenvalue weighted by atomic mass is 10.1. The quantitative estimate of drug-likeness (QED) is 0.808. The zero-order valence-corrected chi connectivity index (χ0v) is 10.7. The van der Waals surface area contributed by atoms with Crippen molar-refractivity contribution >= 4 is 5.91 Å². The third kappa shape index (κ3) is 3.42. The summed E-state index contributed by atoms with van der Waals surface area (Å²) in [5, 5.41) is 0. The second-order valence-electron chi connectivity index (χ2n) is 5.36. The Morgan fingerprint density at radius 1 is 1.18 bits per heavy atom. The first-order valence-electron chi connectivity index (χ1n) is 6.86. The van der Waals surface area contributed by atoms with Crippen LogP contribution in [0.15, 0.2) is 0 Å². The van der Waals surface area contributed by atoms with E-state index in [1.54, 1.807) is 6.92 Å². The molecule has 17 heavy (non-hydrogen) atoms. The molecule has 0 aromatic carbocycles. The van der Waals surface area contributed by atoms with Crippen molar-refractivity contribution in [3.63, 3.8) is 0 Å². The fourth-order valence-corrected chi connectivity index (χ4v) is 2.80. The van der Waals surface area contributed by atoms with Crippen LogP contribution in [0.5, 0.6) is 0 Å². The molecule has 1 atom stereocenters. The summed E-state index contributed by atoms with van der Waals surface area (Å²) in [5.41, 5.74) is 5.61. The van der Waals surface area contributed by atoms with Crippen LogP contribution in [-0.4, -0.2) is 42.1 Å². The summed E-state index contributed by atoms with van der Waals surface area (Å²) >= 11 is 0.